The molecule has 0 saturated heterocycles. The van der Waals surface area contributed by atoms with Crippen LogP contribution in [0.25, 0.3) is 6.08 Å². The lowest BCUT2D eigenvalue weighted by Crippen LogP contribution is -2.40. The Morgan fingerprint density at radius 2 is 1.93 bits per heavy atom. The summed E-state index contributed by atoms with van der Waals surface area (Å²) >= 11 is 1.23. The van der Waals surface area contributed by atoms with Gasteiger partial charge in [-0.2, -0.15) is 0 Å². The highest BCUT2D eigenvalue weighted by Crippen LogP contribution is 2.35. The smallest absolute Gasteiger partial charge is 0.338 e. The molecule has 10 heteroatoms. The summed E-state index contributed by atoms with van der Waals surface area (Å²) in [5, 5.41) is 0. The molecule has 0 saturated carbocycles. The summed E-state index contributed by atoms with van der Waals surface area (Å²) in [4.78, 5) is 32.3. The predicted octanol–water partition coefficient (Wildman–Crippen LogP) is 2.84. The second-order valence-corrected chi connectivity index (χ2v) is 9.59. The second-order valence-electron chi connectivity index (χ2n) is 8.58. The van der Waals surface area contributed by atoms with Crippen molar-refractivity contribution in [3.63, 3.8) is 0 Å². The molecule has 0 N–H and O–H groups in total. The second kappa shape index (κ2) is 13.2. The molecule has 0 bridgehead atoms. The minimum atomic E-state index is -0.803. The van der Waals surface area contributed by atoms with Crippen molar-refractivity contribution in [2.45, 2.75) is 19.9 Å². The third kappa shape index (κ3) is 5.96. The molecule has 0 fully saturated rings. The van der Waals surface area contributed by atoms with Gasteiger partial charge < -0.3 is 23.7 Å². The van der Waals surface area contributed by atoms with Crippen LogP contribution in [0.2, 0.25) is 0 Å². The molecule has 0 aliphatic carbocycles. The number of esters is 1. The van der Waals surface area contributed by atoms with Crippen molar-refractivity contribution in [2.24, 2.45) is 4.99 Å². The lowest BCUT2D eigenvalue weighted by atomic mass is 9.95. The molecule has 1 unspecified atom stereocenters. The van der Waals surface area contributed by atoms with Crippen LogP contribution >= 0.6 is 11.3 Å². The van der Waals surface area contributed by atoms with Gasteiger partial charge in [0.2, 0.25) is 0 Å². The number of ether oxygens (including phenoxy) is 5. The molecular formula is C30H30N2O7S. The van der Waals surface area contributed by atoms with Gasteiger partial charge in [-0.25, -0.2) is 9.79 Å². The Hall–Kier alpha value is -4.33. The minimum absolute atomic E-state index is 0.0679. The fraction of sp³-hybridized carbons (Fsp3) is 0.300. The van der Waals surface area contributed by atoms with Crippen molar-refractivity contribution in [1.82, 2.24) is 4.57 Å². The molecule has 2 aromatic carbocycles. The van der Waals surface area contributed by atoms with Crippen LogP contribution in [0.3, 0.4) is 0 Å². The lowest BCUT2D eigenvalue weighted by molar-refractivity contribution is -0.140. The Morgan fingerprint density at radius 1 is 1.12 bits per heavy atom. The number of terminal acetylenes is 1. The number of benzene rings is 2. The highest BCUT2D eigenvalue weighted by molar-refractivity contribution is 7.07. The number of thiazole rings is 1. The van der Waals surface area contributed by atoms with E-state index in [0.717, 1.165) is 5.56 Å². The number of methoxy groups -OCH3 is 2. The molecule has 4 rings (SSSR count). The fourth-order valence-corrected chi connectivity index (χ4v) is 5.38. The zero-order chi connectivity index (χ0) is 28.6. The maximum absolute atomic E-state index is 13.9. The van der Waals surface area contributed by atoms with Gasteiger partial charge in [0.1, 0.15) is 25.0 Å². The first-order chi connectivity index (χ1) is 19.4. The number of hydrogen-bond donors (Lipinski definition) is 0. The van der Waals surface area contributed by atoms with E-state index in [4.69, 9.17) is 30.1 Å². The average Bonchev–Trinajstić information content (AvgIpc) is 3.26. The Labute approximate surface area is 235 Å². The van der Waals surface area contributed by atoms with Crippen LogP contribution in [0.5, 0.6) is 17.2 Å². The molecule has 9 nitrogen and oxygen atoms in total. The van der Waals surface area contributed by atoms with E-state index in [0.29, 0.717) is 44.4 Å². The Balaban J connectivity index is 1.87. The molecule has 1 aliphatic rings. The van der Waals surface area contributed by atoms with Gasteiger partial charge in [0, 0.05) is 12.7 Å². The standard InChI is InChI=1S/C30H30N2O7S/c1-6-14-38-23-13-12-20(17-24(23)37-7-2)18-25-28(33)32-27(21-10-8-9-11-22(21)36-5)26(19(3)31-30(32)40-25)29(34)39-16-15-35-4/h1,8-13,17-18,27H,7,14-16H2,2-5H3. The van der Waals surface area contributed by atoms with E-state index in [1.807, 2.05) is 31.2 Å². The highest BCUT2D eigenvalue weighted by atomic mass is 32.1. The highest BCUT2D eigenvalue weighted by Gasteiger charge is 2.35. The van der Waals surface area contributed by atoms with Crippen molar-refractivity contribution >= 4 is 23.4 Å². The van der Waals surface area contributed by atoms with Crippen molar-refractivity contribution in [3.05, 3.63) is 84.5 Å². The maximum atomic E-state index is 13.9. The molecule has 1 aromatic heterocycles. The van der Waals surface area contributed by atoms with E-state index < -0.39 is 12.0 Å². The van der Waals surface area contributed by atoms with Crippen molar-refractivity contribution in [3.8, 4) is 29.6 Å². The number of hydrogen-bond acceptors (Lipinski definition) is 9. The monoisotopic (exact) mass is 562 g/mol. The van der Waals surface area contributed by atoms with Crippen LogP contribution < -0.4 is 29.1 Å². The number of allylic oxidation sites excluding steroid dienone is 1. The molecule has 0 radical (unpaired) electrons. The number of carbonyl (C=O) groups excluding carboxylic acids is 1. The van der Waals surface area contributed by atoms with E-state index in [2.05, 4.69) is 10.9 Å². The number of nitrogens with zero attached hydrogens (tertiary/aromatic N) is 2. The quantitative estimate of drug-likeness (QED) is 0.201. The van der Waals surface area contributed by atoms with Gasteiger partial charge in [-0.15, -0.1) is 6.42 Å². The van der Waals surface area contributed by atoms with Crippen molar-refractivity contribution < 1.29 is 28.5 Å². The van der Waals surface area contributed by atoms with Gasteiger partial charge in [0.25, 0.3) is 5.56 Å². The summed E-state index contributed by atoms with van der Waals surface area (Å²) in [5.41, 5.74) is 1.78. The number of aromatic nitrogens is 1. The van der Waals surface area contributed by atoms with Gasteiger partial charge in [-0.05, 0) is 43.7 Å². The van der Waals surface area contributed by atoms with Gasteiger partial charge in [-0.3, -0.25) is 9.36 Å². The molecule has 1 aliphatic heterocycles. The van der Waals surface area contributed by atoms with E-state index in [9.17, 15) is 9.59 Å². The number of fused-ring (bicyclic) bond motifs is 1. The summed E-state index contributed by atoms with van der Waals surface area (Å²) in [6.07, 6.45) is 7.08. The predicted molar refractivity (Wildman–Crippen MR) is 152 cm³/mol. The molecule has 3 aromatic rings. The summed E-state index contributed by atoms with van der Waals surface area (Å²) in [6.45, 7) is 4.45. The largest absolute Gasteiger partial charge is 0.496 e. The summed E-state index contributed by atoms with van der Waals surface area (Å²) in [6, 6.07) is 11.8. The first kappa shape index (κ1) is 28.7. The SMILES string of the molecule is C#CCOc1ccc(C=c2sc3n(c2=O)C(c2ccccc2OC)C(C(=O)OCCOC)=C(C)N=3)cc1OCC. The van der Waals surface area contributed by atoms with E-state index in [-0.39, 0.29) is 31.0 Å². The third-order valence-corrected chi connectivity index (χ3v) is 7.06. The van der Waals surface area contributed by atoms with Crippen molar-refractivity contribution in [2.75, 3.05) is 40.6 Å². The van der Waals surface area contributed by atoms with E-state index >= 15 is 0 Å². The number of para-hydroxylation sites is 1. The van der Waals surface area contributed by atoms with Crippen LogP contribution in [-0.4, -0.2) is 51.2 Å². The van der Waals surface area contributed by atoms with Crippen LogP contribution in [0, 0.1) is 12.3 Å². The molecule has 2 heterocycles. The Morgan fingerprint density at radius 3 is 2.65 bits per heavy atom. The van der Waals surface area contributed by atoms with Crippen LogP contribution in [0.15, 0.2) is 63.5 Å². The third-order valence-electron chi connectivity index (χ3n) is 6.07. The van der Waals surface area contributed by atoms with Gasteiger partial charge >= 0.3 is 5.97 Å². The van der Waals surface area contributed by atoms with Gasteiger partial charge in [0.15, 0.2) is 16.3 Å². The van der Waals surface area contributed by atoms with Crippen LogP contribution in [0.1, 0.15) is 31.0 Å². The summed E-state index contributed by atoms with van der Waals surface area (Å²) < 4.78 is 29.4. The van der Waals surface area contributed by atoms with Gasteiger partial charge in [0.05, 0.1) is 36.1 Å². The van der Waals surface area contributed by atoms with Crippen LogP contribution in [0.4, 0.5) is 0 Å². The zero-order valence-electron chi connectivity index (χ0n) is 22.8. The lowest BCUT2D eigenvalue weighted by Gasteiger charge is -2.26. The van der Waals surface area contributed by atoms with E-state index in [1.54, 1.807) is 38.3 Å². The molecule has 0 spiro atoms. The Kier molecular flexibility index (Phi) is 9.43. The fourth-order valence-electron chi connectivity index (χ4n) is 4.34. The maximum Gasteiger partial charge on any atom is 0.338 e. The molecule has 208 valence electrons. The minimum Gasteiger partial charge on any atom is -0.496 e. The molecule has 40 heavy (non-hydrogen) atoms. The topological polar surface area (TPSA) is 97.6 Å². The summed E-state index contributed by atoms with van der Waals surface area (Å²) in [5.74, 6) is 3.43. The average molecular weight is 563 g/mol. The van der Waals surface area contributed by atoms with Crippen molar-refractivity contribution in [1.29, 1.82) is 0 Å². The first-order valence-corrected chi connectivity index (χ1v) is 13.4. The normalized spacial score (nSPS) is 14.7. The molecular weight excluding hydrogens is 532 g/mol. The first-order valence-electron chi connectivity index (χ1n) is 12.6. The molecule has 0 amide bonds. The molecule has 1 atom stereocenters. The van der Waals surface area contributed by atoms with Gasteiger partial charge in [-0.1, -0.05) is 41.5 Å². The number of rotatable bonds is 11. The number of carbonyl (C=O) groups is 1. The summed E-state index contributed by atoms with van der Waals surface area (Å²) in [7, 11) is 3.07. The Bertz CT molecular complexity index is 1650. The van der Waals surface area contributed by atoms with E-state index in [1.165, 1.54) is 23.0 Å². The van der Waals surface area contributed by atoms with Crippen LogP contribution in [-0.2, 0) is 14.3 Å². The zero-order valence-corrected chi connectivity index (χ0v) is 23.6.